The van der Waals surface area contributed by atoms with Gasteiger partial charge in [-0.25, -0.2) is 0 Å². The van der Waals surface area contributed by atoms with Gasteiger partial charge >= 0.3 is 72.4 Å². The SMILES string of the molecule is CCCCC(CC)[CH2][Sn]. The Kier molecular flexibility index (Phi) is 7.53. The van der Waals surface area contributed by atoms with Gasteiger partial charge in [0.15, 0.2) is 0 Å². The van der Waals surface area contributed by atoms with Gasteiger partial charge in [-0.3, -0.25) is 0 Å². The predicted octanol–water partition coefficient (Wildman–Crippen LogP) is 2.79. The molecule has 3 radical (unpaired) electrons. The van der Waals surface area contributed by atoms with E-state index in [9.17, 15) is 0 Å². The Morgan fingerprint density at radius 2 is 2.00 bits per heavy atom. The van der Waals surface area contributed by atoms with E-state index in [0.717, 1.165) is 5.92 Å². The van der Waals surface area contributed by atoms with Crippen molar-refractivity contribution in [1.29, 1.82) is 0 Å². The van der Waals surface area contributed by atoms with E-state index in [4.69, 9.17) is 0 Å². The second kappa shape index (κ2) is 6.91. The standard InChI is InChI=1S/C8H17.Sn/c1-4-6-7-8(3)5-2;/h8H,3-7H2,1-2H3;. The Bertz CT molecular complexity index is 48.5. The van der Waals surface area contributed by atoms with E-state index in [-0.39, 0.29) is 0 Å². The van der Waals surface area contributed by atoms with Gasteiger partial charge in [0.2, 0.25) is 0 Å². The number of rotatable bonds is 5. The van der Waals surface area contributed by atoms with Crippen LogP contribution in [0, 0.1) is 5.92 Å². The maximum atomic E-state index is 2.31. The first-order valence-corrected chi connectivity index (χ1v) is 6.01. The summed E-state index contributed by atoms with van der Waals surface area (Å²) in [5.74, 6) is 1.04. The summed E-state index contributed by atoms with van der Waals surface area (Å²) in [5, 5.41) is 0. The van der Waals surface area contributed by atoms with Gasteiger partial charge in [0.25, 0.3) is 0 Å². The van der Waals surface area contributed by atoms with Crippen LogP contribution in [0.2, 0.25) is 4.44 Å². The van der Waals surface area contributed by atoms with Gasteiger partial charge < -0.3 is 0 Å². The van der Waals surface area contributed by atoms with Crippen molar-refractivity contribution in [3.8, 4) is 0 Å². The Labute approximate surface area is 72.5 Å². The van der Waals surface area contributed by atoms with Crippen LogP contribution in [-0.4, -0.2) is 22.5 Å². The molecule has 0 rings (SSSR count). The maximum absolute atomic E-state index is 2.31. The molecule has 0 N–H and O–H groups in total. The van der Waals surface area contributed by atoms with E-state index < -0.39 is 0 Å². The van der Waals surface area contributed by atoms with Gasteiger partial charge in [-0.2, -0.15) is 0 Å². The summed E-state index contributed by atoms with van der Waals surface area (Å²) in [5.41, 5.74) is 0. The molecular weight excluding hydrogens is 215 g/mol. The molecule has 0 aliphatic carbocycles. The molecule has 1 atom stereocenters. The normalized spacial score (nSPS) is 13.7. The number of hydrogen-bond acceptors (Lipinski definition) is 0. The van der Waals surface area contributed by atoms with Gasteiger partial charge in [-0.05, 0) is 0 Å². The molecule has 0 saturated heterocycles. The van der Waals surface area contributed by atoms with Crippen LogP contribution in [-0.2, 0) is 0 Å². The van der Waals surface area contributed by atoms with Crippen molar-refractivity contribution in [2.24, 2.45) is 5.92 Å². The van der Waals surface area contributed by atoms with E-state index in [1.807, 2.05) is 0 Å². The summed E-state index contributed by atoms with van der Waals surface area (Å²) >= 11 is 1.71. The molecule has 1 heteroatoms. The first-order valence-electron chi connectivity index (χ1n) is 3.99. The molecule has 53 valence electrons. The van der Waals surface area contributed by atoms with Crippen LogP contribution in [0.3, 0.4) is 0 Å². The van der Waals surface area contributed by atoms with Gasteiger partial charge in [0.05, 0.1) is 0 Å². The zero-order valence-electron chi connectivity index (χ0n) is 6.61. The topological polar surface area (TPSA) is 0 Å². The fourth-order valence-electron chi connectivity index (χ4n) is 0.943. The fourth-order valence-corrected chi connectivity index (χ4v) is 2.35. The summed E-state index contributed by atoms with van der Waals surface area (Å²) in [6.45, 7) is 4.58. The molecule has 0 aliphatic heterocycles. The van der Waals surface area contributed by atoms with Gasteiger partial charge in [-0.1, -0.05) is 0 Å². The van der Waals surface area contributed by atoms with Gasteiger partial charge in [0.1, 0.15) is 0 Å². The summed E-state index contributed by atoms with van der Waals surface area (Å²) in [6.07, 6.45) is 5.67. The van der Waals surface area contributed by atoms with Crippen molar-refractivity contribution in [2.45, 2.75) is 44.0 Å². The summed E-state index contributed by atoms with van der Waals surface area (Å²) < 4.78 is 1.46. The summed E-state index contributed by atoms with van der Waals surface area (Å²) in [7, 11) is 0. The summed E-state index contributed by atoms with van der Waals surface area (Å²) in [4.78, 5) is 0. The fraction of sp³-hybridized carbons (Fsp3) is 1.00. The van der Waals surface area contributed by atoms with Crippen LogP contribution in [0.25, 0.3) is 0 Å². The van der Waals surface area contributed by atoms with Crippen molar-refractivity contribution in [3.05, 3.63) is 0 Å². The molecular formula is C8H17Sn. The molecule has 0 saturated carbocycles. The van der Waals surface area contributed by atoms with Crippen LogP contribution in [0.5, 0.6) is 0 Å². The Morgan fingerprint density at radius 3 is 2.33 bits per heavy atom. The van der Waals surface area contributed by atoms with Crippen LogP contribution in [0.4, 0.5) is 0 Å². The van der Waals surface area contributed by atoms with E-state index in [1.54, 1.807) is 22.5 Å². The third-order valence-corrected chi connectivity index (χ3v) is 3.48. The minimum atomic E-state index is 1.04. The predicted molar refractivity (Wildman–Crippen MR) is 43.9 cm³/mol. The van der Waals surface area contributed by atoms with Gasteiger partial charge in [0, 0.05) is 0 Å². The van der Waals surface area contributed by atoms with Crippen LogP contribution < -0.4 is 0 Å². The third-order valence-electron chi connectivity index (χ3n) is 1.83. The van der Waals surface area contributed by atoms with Crippen LogP contribution in [0.15, 0.2) is 0 Å². The van der Waals surface area contributed by atoms with Crippen molar-refractivity contribution in [1.82, 2.24) is 0 Å². The van der Waals surface area contributed by atoms with Crippen molar-refractivity contribution in [2.75, 3.05) is 0 Å². The Morgan fingerprint density at radius 1 is 1.33 bits per heavy atom. The monoisotopic (exact) mass is 233 g/mol. The molecule has 0 heterocycles. The minimum absolute atomic E-state index is 1.04. The molecule has 0 aliphatic rings. The van der Waals surface area contributed by atoms with Gasteiger partial charge in [-0.15, -0.1) is 0 Å². The first-order chi connectivity index (χ1) is 4.35. The molecule has 0 aromatic carbocycles. The van der Waals surface area contributed by atoms with Crippen molar-refractivity contribution < 1.29 is 0 Å². The van der Waals surface area contributed by atoms with E-state index in [1.165, 1.54) is 30.1 Å². The average Bonchev–Trinajstić information content (AvgIpc) is 1.91. The molecule has 0 aromatic rings. The number of hydrogen-bond donors (Lipinski definition) is 0. The third kappa shape index (κ3) is 5.25. The quantitative estimate of drug-likeness (QED) is 0.639. The molecule has 9 heavy (non-hydrogen) atoms. The molecule has 0 bridgehead atoms. The Hall–Kier alpha value is 0.799. The zero-order chi connectivity index (χ0) is 7.11. The van der Waals surface area contributed by atoms with Crippen LogP contribution >= 0.6 is 0 Å². The molecule has 0 aromatic heterocycles. The molecule has 0 fully saturated rings. The van der Waals surface area contributed by atoms with E-state index in [2.05, 4.69) is 13.8 Å². The second-order valence-electron chi connectivity index (χ2n) is 2.62. The van der Waals surface area contributed by atoms with Crippen molar-refractivity contribution >= 4 is 22.5 Å². The number of unbranched alkanes of at least 4 members (excludes halogenated alkanes) is 1. The van der Waals surface area contributed by atoms with Crippen LogP contribution in [0.1, 0.15) is 39.5 Å². The van der Waals surface area contributed by atoms with Crippen molar-refractivity contribution in [3.63, 3.8) is 0 Å². The Balaban J connectivity index is 3.09. The zero-order valence-corrected chi connectivity index (χ0v) is 9.47. The average molecular weight is 232 g/mol. The van der Waals surface area contributed by atoms with E-state index in [0.29, 0.717) is 0 Å². The molecule has 1 unspecified atom stereocenters. The first kappa shape index (κ1) is 9.80. The summed E-state index contributed by atoms with van der Waals surface area (Å²) in [6, 6.07) is 0. The van der Waals surface area contributed by atoms with E-state index >= 15 is 0 Å². The molecule has 0 spiro atoms. The molecule has 0 nitrogen and oxygen atoms in total. The second-order valence-corrected chi connectivity index (χ2v) is 3.79. The molecule has 0 amide bonds.